The van der Waals surface area contributed by atoms with Gasteiger partial charge < -0.3 is 14.8 Å². The van der Waals surface area contributed by atoms with Gasteiger partial charge in [0.1, 0.15) is 5.69 Å². The fourth-order valence-electron chi connectivity index (χ4n) is 1.90. The van der Waals surface area contributed by atoms with Crippen LogP contribution in [0.4, 0.5) is 5.69 Å². The van der Waals surface area contributed by atoms with Crippen LogP contribution in [-0.4, -0.2) is 39.9 Å². The van der Waals surface area contributed by atoms with E-state index < -0.39 is 0 Å². The zero-order valence-electron chi connectivity index (χ0n) is 12.2. The minimum absolute atomic E-state index is 0.208. The molecule has 2 rings (SSSR count). The number of anilines is 1. The van der Waals surface area contributed by atoms with Crippen LogP contribution >= 0.6 is 0 Å². The first-order valence-electron chi connectivity index (χ1n) is 6.54. The summed E-state index contributed by atoms with van der Waals surface area (Å²) < 4.78 is 1.49. The van der Waals surface area contributed by atoms with Crippen LogP contribution in [0.5, 0.6) is 0 Å². The van der Waals surface area contributed by atoms with Crippen molar-refractivity contribution in [3.8, 4) is 0 Å². The number of imidazole rings is 1. The van der Waals surface area contributed by atoms with E-state index in [0.717, 1.165) is 0 Å². The van der Waals surface area contributed by atoms with Crippen LogP contribution in [0.1, 0.15) is 28.0 Å². The molecule has 0 unspecified atom stereocenters. The highest BCUT2D eigenvalue weighted by Gasteiger charge is 2.21. The van der Waals surface area contributed by atoms with E-state index >= 15 is 0 Å². The number of hydrogen-bond donors (Lipinski definition) is 1. The van der Waals surface area contributed by atoms with E-state index in [1.54, 1.807) is 38.6 Å². The van der Waals surface area contributed by atoms with Gasteiger partial charge in [-0.25, -0.2) is 4.98 Å². The topological polar surface area (TPSA) is 80.1 Å². The molecule has 0 aliphatic carbocycles. The number of pyridine rings is 1. The highest BCUT2D eigenvalue weighted by atomic mass is 16.2. The number of nitrogens with one attached hydrogen (secondary N) is 1. The van der Waals surface area contributed by atoms with E-state index in [9.17, 15) is 9.59 Å². The molecule has 110 valence electrons. The molecule has 7 nitrogen and oxygen atoms in total. The van der Waals surface area contributed by atoms with Crippen molar-refractivity contribution >= 4 is 17.5 Å². The summed E-state index contributed by atoms with van der Waals surface area (Å²) in [5.41, 5.74) is 1.01. The Morgan fingerprint density at radius 2 is 2.14 bits per heavy atom. The van der Waals surface area contributed by atoms with Crippen molar-refractivity contribution in [3.05, 3.63) is 42.2 Å². The first-order chi connectivity index (χ1) is 10.1. The minimum atomic E-state index is -0.303. The van der Waals surface area contributed by atoms with Crippen LogP contribution in [0.25, 0.3) is 0 Å². The maximum atomic E-state index is 12.5. The Hall–Kier alpha value is -2.70. The van der Waals surface area contributed by atoms with Gasteiger partial charge in [-0.3, -0.25) is 14.6 Å². The van der Waals surface area contributed by atoms with E-state index in [4.69, 9.17) is 0 Å². The first-order valence-corrected chi connectivity index (χ1v) is 6.54. The fourth-order valence-corrected chi connectivity index (χ4v) is 1.90. The molecule has 0 saturated heterocycles. The zero-order chi connectivity index (χ0) is 15.4. The van der Waals surface area contributed by atoms with Crippen LogP contribution in [0.2, 0.25) is 0 Å². The van der Waals surface area contributed by atoms with Gasteiger partial charge in [0.15, 0.2) is 5.82 Å². The minimum Gasteiger partial charge on any atom is -0.350 e. The molecule has 0 aromatic carbocycles. The molecule has 2 amide bonds. The predicted octanol–water partition coefficient (Wildman–Crippen LogP) is 0.841. The van der Waals surface area contributed by atoms with Crippen molar-refractivity contribution in [2.24, 2.45) is 7.05 Å². The van der Waals surface area contributed by atoms with Gasteiger partial charge in [-0.15, -0.1) is 0 Å². The van der Waals surface area contributed by atoms with Gasteiger partial charge in [-0.05, 0) is 19.1 Å². The number of nitrogens with zero attached hydrogens (tertiary/aromatic N) is 4. The number of aromatic nitrogens is 3. The Labute approximate surface area is 122 Å². The molecule has 7 heteroatoms. The third kappa shape index (κ3) is 2.91. The lowest BCUT2D eigenvalue weighted by Crippen LogP contribution is -2.30. The molecular weight excluding hydrogens is 270 g/mol. The quantitative estimate of drug-likeness (QED) is 0.903. The molecule has 0 radical (unpaired) electrons. The second-order valence-corrected chi connectivity index (χ2v) is 4.46. The van der Waals surface area contributed by atoms with Gasteiger partial charge in [-0.1, -0.05) is 0 Å². The predicted molar refractivity (Wildman–Crippen MR) is 78.2 cm³/mol. The van der Waals surface area contributed by atoms with Gasteiger partial charge in [-0.2, -0.15) is 0 Å². The maximum Gasteiger partial charge on any atom is 0.287 e. The summed E-state index contributed by atoms with van der Waals surface area (Å²) >= 11 is 0. The van der Waals surface area contributed by atoms with E-state index in [2.05, 4.69) is 15.3 Å². The van der Waals surface area contributed by atoms with Crippen molar-refractivity contribution in [2.75, 3.05) is 18.5 Å². The summed E-state index contributed by atoms with van der Waals surface area (Å²) in [5.74, 6) is -0.351. The average molecular weight is 287 g/mol. The summed E-state index contributed by atoms with van der Waals surface area (Å²) in [6, 6.07) is 3.54. The van der Waals surface area contributed by atoms with Gasteiger partial charge in [0.2, 0.25) is 0 Å². The molecule has 2 aromatic heterocycles. The third-order valence-corrected chi connectivity index (χ3v) is 3.09. The largest absolute Gasteiger partial charge is 0.350 e. The van der Waals surface area contributed by atoms with Crippen molar-refractivity contribution in [3.63, 3.8) is 0 Å². The standard InChI is InChI=1S/C14H17N5O2/c1-4-16-13(20)12-17-9-11(19(12)3)14(21)18(2)10-6-5-7-15-8-10/h5-9H,4H2,1-3H3,(H,16,20). The molecule has 1 N–H and O–H groups in total. The van der Waals surface area contributed by atoms with Crippen molar-refractivity contribution < 1.29 is 9.59 Å². The Bertz CT molecular complexity index is 651. The highest BCUT2D eigenvalue weighted by molar-refractivity contribution is 6.05. The Kier molecular flexibility index (Phi) is 4.32. The lowest BCUT2D eigenvalue weighted by atomic mass is 10.3. The van der Waals surface area contributed by atoms with Crippen molar-refractivity contribution in [2.45, 2.75) is 6.92 Å². The number of amides is 2. The first kappa shape index (κ1) is 14.7. The maximum absolute atomic E-state index is 12.5. The van der Waals surface area contributed by atoms with Crippen LogP contribution in [0.15, 0.2) is 30.7 Å². The average Bonchev–Trinajstić information content (AvgIpc) is 2.88. The number of carbonyl (C=O) groups is 2. The lowest BCUT2D eigenvalue weighted by Gasteiger charge is -2.16. The second-order valence-electron chi connectivity index (χ2n) is 4.46. The van der Waals surface area contributed by atoms with E-state index in [0.29, 0.717) is 17.9 Å². The van der Waals surface area contributed by atoms with Gasteiger partial charge in [0, 0.05) is 26.8 Å². The third-order valence-electron chi connectivity index (χ3n) is 3.09. The van der Waals surface area contributed by atoms with Crippen LogP contribution in [0, 0.1) is 0 Å². The SMILES string of the molecule is CCNC(=O)c1ncc(C(=O)N(C)c2cccnc2)n1C. The zero-order valence-corrected chi connectivity index (χ0v) is 12.2. The Morgan fingerprint density at radius 1 is 1.38 bits per heavy atom. The smallest absolute Gasteiger partial charge is 0.287 e. The van der Waals surface area contributed by atoms with Crippen molar-refractivity contribution in [1.82, 2.24) is 19.9 Å². The molecule has 0 saturated carbocycles. The van der Waals surface area contributed by atoms with Gasteiger partial charge in [0.25, 0.3) is 11.8 Å². The molecule has 0 bridgehead atoms. The summed E-state index contributed by atoms with van der Waals surface area (Å²) in [5, 5.41) is 2.66. The lowest BCUT2D eigenvalue weighted by molar-refractivity contribution is 0.0942. The number of hydrogen-bond acceptors (Lipinski definition) is 4. The van der Waals surface area contributed by atoms with Crippen LogP contribution < -0.4 is 10.2 Å². The normalized spacial score (nSPS) is 10.2. The van der Waals surface area contributed by atoms with Crippen LogP contribution in [-0.2, 0) is 7.05 Å². The Balaban J connectivity index is 2.26. The molecule has 0 fully saturated rings. The molecule has 2 heterocycles. The van der Waals surface area contributed by atoms with E-state index in [1.807, 2.05) is 6.92 Å². The highest BCUT2D eigenvalue weighted by Crippen LogP contribution is 2.14. The summed E-state index contributed by atoms with van der Waals surface area (Å²) in [6.07, 6.45) is 4.64. The molecule has 0 spiro atoms. The van der Waals surface area contributed by atoms with Gasteiger partial charge >= 0.3 is 0 Å². The molecule has 0 aliphatic heterocycles. The van der Waals surface area contributed by atoms with Gasteiger partial charge in [0.05, 0.1) is 18.1 Å². The van der Waals surface area contributed by atoms with Crippen molar-refractivity contribution in [1.29, 1.82) is 0 Å². The molecule has 2 aromatic rings. The number of rotatable bonds is 4. The fraction of sp³-hybridized carbons (Fsp3) is 0.286. The summed E-state index contributed by atoms with van der Waals surface area (Å²) in [7, 11) is 3.29. The number of carbonyl (C=O) groups excluding carboxylic acids is 2. The Morgan fingerprint density at radius 3 is 2.76 bits per heavy atom. The summed E-state index contributed by atoms with van der Waals surface area (Å²) in [6.45, 7) is 2.33. The molecule has 21 heavy (non-hydrogen) atoms. The van der Waals surface area contributed by atoms with E-state index in [1.165, 1.54) is 15.7 Å². The molecular formula is C14H17N5O2. The van der Waals surface area contributed by atoms with Crippen LogP contribution in [0.3, 0.4) is 0 Å². The summed E-state index contributed by atoms with van der Waals surface area (Å²) in [4.78, 5) is 33.7. The molecule has 0 atom stereocenters. The monoisotopic (exact) mass is 287 g/mol. The van der Waals surface area contributed by atoms with E-state index in [-0.39, 0.29) is 17.6 Å². The second kappa shape index (κ2) is 6.17. The molecule has 0 aliphatic rings.